The van der Waals surface area contributed by atoms with Crippen LogP contribution in [0, 0.1) is 5.82 Å². The molecular formula is C12H9Br2FOS. The lowest BCUT2D eigenvalue weighted by Gasteiger charge is -2.11. The molecule has 0 saturated carbocycles. The topological polar surface area (TPSA) is 20.2 Å². The van der Waals surface area contributed by atoms with Crippen LogP contribution >= 0.6 is 43.2 Å². The van der Waals surface area contributed by atoms with Gasteiger partial charge in [-0.2, -0.15) is 0 Å². The van der Waals surface area contributed by atoms with Crippen molar-refractivity contribution in [3.8, 4) is 0 Å². The van der Waals surface area contributed by atoms with Gasteiger partial charge >= 0.3 is 0 Å². The van der Waals surface area contributed by atoms with Crippen LogP contribution < -0.4 is 0 Å². The minimum Gasteiger partial charge on any atom is -0.388 e. The SMILES string of the molecule is OC(Cc1ccc(Br)s1)c1cccc(Br)c1F. The second-order valence-electron chi connectivity index (χ2n) is 3.57. The van der Waals surface area contributed by atoms with Crippen LogP contribution in [0.25, 0.3) is 0 Å². The van der Waals surface area contributed by atoms with Gasteiger partial charge in [0.05, 0.1) is 14.4 Å². The number of halogens is 3. The smallest absolute Gasteiger partial charge is 0.143 e. The van der Waals surface area contributed by atoms with E-state index in [4.69, 9.17) is 0 Å². The Hall–Kier alpha value is -0.230. The molecule has 0 aliphatic rings. The van der Waals surface area contributed by atoms with E-state index in [0.717, 1.165) is 8.66 Å². The second-order valence-corrected chi connectivity index (χ2v) is 6.97. The molecule has 90 valence electrons. The van der Waals surface area contributed by atoms with Gasteiger partial charge in [0, 0.05) is 16.9 Å². The van der Waals surface area contributed by atoms with Crippen molar-refractivity contribution >= 4 is 43.2 Å². The highest BCUT2D eigenvalue weighted by atomic mass is 79.9. The third kappa shape index (κ3) is 3.16. The Balaban J connectivity index is 2.20. The molecule has 1 aromatic carbocycles. The van der Waals surface area contributed by atoms with Gasteiger partial charge in [-0.1, -0.05) is 12.1 Å². The average molecular weight is 380 g/mol. The number of rotatable bonds is 3. The molecule has 5 heteroatoms. The molecule has 0 spiro atoms. The summed E-state index contributed by atoms with van der Waals surface area (Å²) in [6.45, 7) is 0. The molecule has 1 unspecified atom stereocenters. The molecule has 1 nitrogen and oxygen atoms in total. The highest BCUT2D eigenvalue weighted by Gasteiger charge is 2.15. The van der Waals surface area contributed by atoms with Gasteiger partial charge in [-0.25, -0.2) is 4.39 Å². The first-order chi connectivity index (χ1) is 8.08. The van der Waals surface area contributed by atoms with Gasteiger partial charge in [0.1, 0.15) is 5.82 Å². The van der Waals surface area contributed by atoms with Crippen molar-refractivity contribution in [2.24, 2.45) is 0 Å². The fourth-order valence-electron chi connectivity index (χ4n) is 1.54. The van der Waals surface area contributed by atoms with E-state index in [9.17, 15) is 9.50 Å². The Morgan fingerprint density at radius 2 is 2.00 bits per heavy atom. The minimum atomic E-state index is -0.821. The normalized spacial score (nSPS) is 12.7. The molecule has 0 aliphatic heterocycles. The Bertz CT molecular complexity index is 527. The van der Waals surface area contributed by atoms with E-state index < -0.39 is 11.9 Å². The summed E-state index contributed by atoms with van der Waals surface area (Å²) >= 11 is 8.02. The lowest BCUT2D eigenvalue weighted by Crippen LogP contribution is -2.03. The summed E-state index contributed by atoms with van der Waals surface area (Å²) in [6.07, 6.45) is -0.401. The van der Waals surface area contributed by atoms with Gasteiger partial charge < -0.3 is 5.11 Å². The quantitative estimate of drug-likeness (QED) is 0.820. The number of thiophene rings is 1. The van der Waals surface area contributed by atoms with Gasteiger partial charge in [-0.05, 0) is 50.1 Å². The van der Waals surface area contributed by atoms with Crippen molar-refractivity contribution in [2.45, 2.75) is 12.5 Å². The first kappa shape index (κ1) is 13.2. The van der Waals surface area contributed by atoms with Crippen LogP contribution in [0.4, 0.5) is 4.39 Å². The van der Waals surface area contributed by atoms with E-state index in [2.05, 4.69) is 31.9 Å². The molecular weight excluding hydrogens is 371 g/mol. The molecule has 1 heterocycles. The summed E-state index contributed by atoms with van der Waals surface area (Å²) in [5, 5.41) is 10.0. The standard InChI is InChI=1S/C12H9Br2FOS/c13-9-3-1-2-8(12(9)15)10(16)6-7-4-5-11(14)17-7/h1-5,10,16H,6H2. The van der Waals surface area contributed by atoms with Crippen LogP contribution in [0.2, 0.25) is 0 Å². The van der Waals surface area contributed by atoms with Crippen molar-refractivity contribution < 1.29 is 9.50 Å². The van der Waals surface area contributed by atoms with Gasteiger partial charge in [-0.3, -0.25) is 0 Å². The minimum absolute atomic E-state index is 0.323. The summed E-state index contributed by atoms with van der Waals surface area (Å²) in [7, 11) is 0. The zero-order chi connectivity index (χ0) is 12.4. The van der Waals surface area contributed by atoms with Crippen molar-refractivity contribution in [3.63, 3.8) is 0 Å². The van der Waals surface area contributed by atoms with Crippen molar-refractivity contribution in [2.75, 3.05) is 0 Å². The Morgan fingerprint density at radius 3 is 2.65 bits per heavy atom. The van der Waals surface area contributed by atoms with Crippen LogP contribution in [0.15, 0.2) is 38.6 Å². The van der Waals surface area contributed by atoms with Crippen LogP contribution in [-0.2, 0) is 6.42 Å². The van der Waals surface area contributed by atoms with Crippen molar-refractivity contribution in [3.05, 3.63) is 54.8 Å². The van der Waals surface area contributed by atoms with Crippen molar-refractivity contribution in [1.29, 1.82) is 0 Å². The Labute approximate surface area is 120 Å². The predicted octanol–water partition coefficient (Wildman–Crippen LogP) is 4.69. The molecule has 0 amide bonds. The first-order valence-electron chi connectivity index (χ1n) is 4.94. The molecule has 1 aromatic heterocycles. The highest BCUT2D eigenvalue weighted by Crippen LogP contribution is 2.29. The van der Waals surface area contributed by atoms with Crippen LogP contribution in [0.5, 0.6) is 0 Å². The molecule has 2 aromatic rings. The van der Waals surface area contributed by atoms with Crippen LogP contribution in [-0.4, -0.2) is 5.11 Å². The molecule has 0 aliphatic carbocycles. The molecule has 0 radical (unpaired) electrons. The van der Waals surface area contributed by atoms with Gasteiger partial charge in [0.15, 0.2) is 0 Å². The fraction of sp³-hybridized carbons (Fsp3) is 0.167. The van der Waals surface area contributed by atoms with E-state index >= 15 is 0 Å². The zero-order valence-electron chi connectivity index (χ0n) is 8.66. The largest absolute Gasteiger partial charge is 0.388 e. The molecule has 17 heavy (non-hydrogen) atoms. The number of hydrogen-bond donors (Lipinski definition) is 1. The Kier molecular flexibility index (Phi) is 4.36. The summed E-state index contributed by atoms with van der Waals surface area (Å²) in [5.41, 5.74) is 0.323. The number of benzene rings is 1. The monoisotopic (exact) mass is 378 g/mol. The van der Waals surface area contributed by atoms with E-state index in [1.165, 1.54) is 0 Å². The lowest BCUT2D eigenvalue weighted by molar-refractivity contribution is 0.174. The molecule has 0 bridgehead atoms. The third-order valence-electron chi connectivity index (χ3n) is 2.36. The van der Waals surface area contributed by atoms with Crippen LogP contribution in [0.3, 0.4) is 0 Å². The fourth-order valence-corrected chi connectivity index (χ4v) is 3.44. The van der Waals surface area contributed by atoms with Crippen LogP contribution in [0.1, 0.15) is 16.5 Å². The van der Waals surface area contributed by atoms with Gasteiger partial charge in [0.25, 0.3) is 0 Å². The maximum atomic E-state index is 13.7. The predicted molar refractivity (Wildman–Crippen MR) is 74.8 cm³/mol. The lowest BCUT2D eigenvalue weighted by atomic mass is 10.1. The first-order valence-corrected chi connectivity index (χ1v) is 7.34. The van der Waals surface area contributed by atoms with Crippen molar-refractivity contribution in [1.82, 2.24) is 0 Å². The second kappa shape index (κ2) is 5.61. The highest BCUT2D eigenvalue weighted by molar-refractivity contribution is 9.11. The molecule has 1 atom stereocenters. The Morgan fingerprint density at radius 1 is 1.24 bits per heavy atom. The summed E-state index contributed by atoms with van der Waals surface area (Å²) in [5.74, 6) is -0.393. The molecule has 2 rings (SSSR count). The zero-order valence-corrected chi connectivity index (χ0v) is 12.6. The number of aliphatic hydroxyl groups is 1. The average Bonchev–Trinajstić information content (AvgIpc) is 2.68. The summed E-state index contributed by atoms with van der Waals surface area (Å²) in [4.78, 5) is 1.02. The number of hydrogen-bond acceptors (Lipinski definition) is 2. The van der Waals surface area contributed by atoms with E-state index in [-0.39, 0.29) is 0 Å². The summed E-state index contributed by atoms with van der Waals surface area (Å²) in [6, 6.07) is 8.79. The van der Waals surface area contributed by atoms with Gasteiger partial charge in [0.2, 0.25) is 0 Å². The molecule has 1 N–H and O–H groups in total. The molecule has 0 fully saturated rings. The maximum Gasteiger partial charge on any atom is 0.143 e. The number of aliphatic hydroxyl groups excluding tert-OH is 1. The summed E-state index contributed by atoms with van der Waals surface area (Å²) < 4.78 is 15.1. The van der Waals surface area contributed by atoms with E-state index in [1.807, 2.05) is 12.1 Å². The van der Waals surface area contributed by atoms with E-state index in [0.29, 0.717) is 16.5 Å². The van der Waals surface area contributed by atoms with Gasteiger partial charge in [-0.15, -0.1) is 11.3 Å². The maximum absolute atomic E-state index is 13.7. The van der Waals surface area contributed by atoms with E-state index in [1.54, 1.807) is 29.5 Å². The molecule has 0 saturated heterocycles. The third-order valence-corrected chi connectivity index (χ3v) is 4.62.